The van der Waals surface area contributed by atoms with Crippen LogP contribution in [0.4, 0.5) is 0 Å². The van der Waals surface area contributed by atoms with Crippen molar-refractivity contribution >= 4 is 23.4 Å². The molecule has 1 fully saturated rings. The molecule has 0 aliphatic carbocycles. The van der Waals surface area contributed by atoms with Gasteiger partial charge in [0.1, 0.15) is 6.54 Å². The first-order chi connectivity index (χ1) is 8.84. The van der Waals surface area contributed by atoms with E-state index in [9.17, 15) is 0 Å². The second-order valence-electron chi connectivity index (χ2n) is 4.62. The number of likely N-dealkylation sites (tertiary alicyclic amines) is 1. The standard InChI is InChI=1S/C14H20ClNOS/c15-13-3-5-14(6-4-13)18-12-11-17-10-9-16-7-1-2-8-16/h3-6H,1-2,7-12H2/p+1. The van der Waals surface area contributed by atoms with Crippen LogP contribution in [-0.4, -0.2) is 38.6 Å². The van der Waals surface area contributed by atoms with Gasteiger partial charge in [0.15, 0.2) is 0 Å². The molecule has 1 aromatic carbocycles. The lowest BCUT2D eigenvalue weighted by atomic mass is 10.4. The summed E-state index contributed by atoms with van der Waals surface area (Å²) in [5.41, 5.74) is 0. The number of ether oxygens (including phenoxy) is 1. The lowest BCUT2D eigenvalue weighted by molar-refractivity contribution is -0.887. The molecule has 1 aromatic rings. The lowest BCUT2D eigenvalue weighted by Gasteiger charge is -2.11. The third-order valence-electron chi connectivity index (χ3n) is 3.22. The van der Waals surface area contributed by atoms with E-state index in [2.05, 4.69) is 12.1 Å². The highest BCUT2D eigenvalue weighted by Crippen LogP contribution is 2.19. The summed E-state index contributed by atoms with van der Waals surface area (Å²) in [7, 11) is 0. The summed E-state index contributed by atoms with van der Waals surface area (Å²) in [5, 5.41) is 0.796. The number of thioether (sulfide) groups is 1. The molecule has 0 spiro atoms. The van der Waals surface area contributed by atoms with Crippen molar-refractivity contribution in [3.05, 3.63) is 29.3 Å². The smallest absolute Gasteiger partial charge is 0.101 e. The Morgan fingerprint density at radius 2 is 1.83 bits per heavy atom. The molecule has 1 heterocycles. The van der Waals surface area contributed by atoms with E-state index in [0.29, 0.717) is 0 Å². The highest BCUT2D eigenvalue weighted by molar-refractivity contribution is 7.99. The molecule has 0 aromatic heterocycles. The fourth-order valence-corrected chi connectivity index (χ4v) is 3.08. The molecular formula is C14H21ClNOS+. The van der Waals surface area contributed by atoms with Gasteiger partial charge in [-0.25, -0.2) is 0 Å². The summed E-state index contributed by atoms with van der Waals surface area (Å²) in [4.78, 5) is 2.97. The fraction of sp³-hybridized carbons (Fsp3) is 0.571. The van der Waals surface area contributed by atoms with Crippen LogP contribution in [0, 0.1) is 0 Å². The second kappa shape index (κ2) is 8.05. The van der Waals surface area contributed by atoms with Crippen LogP contribution < -0.4 is 4.90 Å². The maximum atomic E-state index is 5.84. The summed E-state index contributed by atoms with van der Waals surface area (Å²) >= 11 is 7.66. The number of hydrogen-bond acceptors (Lipinski definition) is 2. The Morgan fingerprint density at radius 1 is 1.11 bits per heavy atom. The van der Waals surface area contributed by atoms with E-state index in [0.717, 1.165) is 24.0 Å². The van der Waals surface area contributed by atoms with Gasteiger partial charge in [-0.05, 0) is 24.3 Å². The predicted octanol–water partition coefficient (Wildman–Crippen LogP) is 2.13. The van der Waals surface area contributed by atoms with Crippen molar-refractivity contribution in [1.29, 1.82) is 0 Å². The maximum Gasteiger partial charge on any atom is 0.101 e. The molecule has 0 radical (unpaired) electrons. The van der Waals surface area contributed by atoms with Gasteiger partial charge in [-0.3, -0.25) is 0 Å². The van der Waals surface area contributed by atoms with E-state index < -0.39 is 0 Å². The Hall–Kier alpha value is -0.220. The third-order valence-corrected chi connectivity index (χ3v) is 4.45. The van der Waals surface area contributed by atoms with Crippen molar-refractivity contribution in [3.63, 3.8) is 0 Å². The fourth-order valence-electron chi connectivity index (χ4n) is 2.19. The van der Waals surface area contributed by atoms with E-state index in [1.165, 1.54) is 37.4 Å². The number of rotatable bonds is 7. The number of nitrogens with one attached hydrogen (secondary N) is 1. The average Bonchev–Trinajstić information content (AvgIpc) is 2.89. The molecule has 0 amide bonds. The third kappa shape index (κ3) is 5.19. The van der Waals surface area contributed by atoms with Gasteiger partial charge in [-0.1, -0.05) is 11.6 Å². The first-order valence-electron chi connectivity index (χ1n) is 6.64. The number of hydrogen-bond donors (Lipinski definition) is 1. The Morgan fingerprint density at radius 3 is 2.56 bits per heavy atom. The Labute approximate surface area is 119 Å². The largest absolute Gasteiger partial charge is 0.375 e. The van der Waals surface area contributed by atoms with Crippen molar-refractivity contribution < 1.29 is 9.64 Å². The van der Waals surface area contributed by atoms with Gasteiger partial charge < -0.3 is 9.64 Å². The molecule has 18 heavy (non-hydrogen) atoms. The van der Waals surface area contributed by atoms with Crippen LogP contribution in [0.3, 0.4) is 0 Å². The summed E-state index contributed by atoms with van der Waals surface area (Å²) in [6.07, 6.45) is 2.78. The van der Waals surface area contributed by atoms with Gasteiger partial charge >= 0.3 is 0 Å². The molecule has 1 N–H and O–H groups in total. The lowest BCUT2D eigenvalue weighted by Crippen LogP contribution is -3.10. The molecule has 1 aliphatic rings. The zero-order chi connectivity index (χ0) is 12.6. The van der Waals surface area contributed by atoms with Crippen molar-refractivity contribution in [2.75, 3.05) is 38.6 Å². The van der Waals surface area contributed by atoms with Gasteiger partial charge in [0.2, 0.25) is 0 Å². The summed E-state index contributed by atoms with van der Waals surface area (Å²) in [6.45, 7) is 5.58. The summed E-state index contributed by atoms with van der Waals surface area (Å²) in [6, 6.07) is 7.98. The topological polar surface area (TPSA) is 13.7 Å². The van der Waals surface area contributed by atoms with Gasteiger partial charge in [0.25, 0.3) is 0 Å². The SMILES string of the molecule is Clc1ccc(SCCOCC[NH+]2CCCC2)cc1. The normalized spacial score (nSPS) is 16.3. The van der Waals surface area contributed by atoms with Crippen LogP contribution in [0.25, 0.3) is 0 Å². The zero-order valence-electron chi connectivity index (χ0n) is 10.7. The Balaban J connectivity index is 1.49. The molecule has 0 atom stereocenters. The van der Waals surface area contributed by atoms with Crippen LogP contribution in [0.5, 0.6) is 0 Å². The van der Waals surface area contributed by atoms with Crippen LogP contribution in [0.1, 0.15) is 12.8 Å². The van der Waals surface area contributed by atoms with Crippen molar-refractivity contribution in [1.82, 2.24) is 0 Å². The molecule has 0 unspecified atom stereocenters. The molecule has 4 heteroatoms. The van der Waals surface area contributed by atoms with E-state index >= 15 is 0 Å². The molecular weight excluding hydrogens is 266 g/mol. The van der Waals surface area contributed by atoms with Gasteiger partial charge in [-0.2, -0.15) is 0 Å². The first-order valence-corrected chi connectivity index (χ1v) is 8.00. The molecule has 1 saturated heterocycles. The molecule has 100 valence electrons. The minimum Gasteiger partial charge on any atom is -0.375 e. The van der Waals surface area contributed by atoms with Crippen molar-refractivity contribution in [2.45, 2.75) is 17.7 Å². The summed E-state index contributed by atoms with van der Waals surface area (Å²) in [5.74, 6) is 1.01. The minimum absolute atomic E-state index is 0.796. The van der Waals surface area contributed by atoms with E-state index in [1.807, 2.05) is 23.9 Å². The molecule has 0 saturated carbocycles. The van der Waals surface area contributed by atoms with Crippen LogP contribution in [0.15, 0.2) is 29.2 Å². The molecule has 2 nitrogen and oxygen atoms in total. The monoisotopic (exact) mass is 286 g/mol. The van der Waals surface area contributed by atoms with Crippen LogP contribution >= 0.6 is 23.4 Å². The highest BCUT2D eigenvalue weighted by atomic mass is 35.5. The average molecular weight is 287 g/mol. The summed E-state index contributed by atoms with van der Waals surface area (Å²) < 4.78 is 5.67. The quantitative estimate of drug-likeness (QED) is 0.609. The Kier molecular flexibility index (Phi) is 6.35. The van der Waals surface area contributed by atoms with Gasteiger partial charge in [0.05, 0.1) is 26.3 Å². The maximum absolute atomic E-state index is 5.84. The molecule has 1 aliphatic heterocycles. The van der Waals surface area contributed by atoms with Gasteiger partial charge in [-0.15, -0.1) is 11.8 Å². The Bertz CT molecular complexity index is 338. The zero-order valence-corrected chi connectivity index (χ0v) is 12.2. The molecule has 2 rings (SSSR count). The van der Waals surface area contributed by atoms with E-state index in [4.69, 9.17) is 16.3 Å². The molecule has 0 bridgehead atoms. The second-order valence-corrected chi connectivity index (χ2v) is 6.23. The van der Waals surface area contributed by atoms with Crippen LogP contribution in [0.2, 0.25) is 5.02 Å². The van der Waals surface area contributed by atoms with E-state index in [1.54, 1.807) is 4.90 Å². The predicted molar refractivity (Wildman–Crippen MR) is 77.8 cm³/mol. The van der Waals surface area contributed by atoms with Crippen molar-refractivity contribution in [2.24, 2.45) is 0 Å². The van der Waals surface area contributed by atoms with Crippen LogP contribution in [-0.2, 0) is 4.74 Å². The number of benzene rings is 1. The highest BCUT2D eigenvalue weighted by Gasteiger charge is 2.13. The number of halogens is 1. The van der Waals surface area contributed by atoms with Gasteiger partial charge in [0, 0.05) is 28.5 Å². The number of quaternary nitrogens is 1. The first kappa shape index (κ1) is 14.2. The minimum atomic E-state index is 0.796. The van der Waals surface area contributed by atoms with E-state index in [-0.39, 0.29) is 0 Å². The van der Waals surface area contributed by atoms with Crippen molar-refractivity contribution in [3.8, 4) is 0 Å².